The molecule has 2 aromatic rings. The van der Waals surface area contributed by atoms with Crippen molar-refractivity contribution >= 4 is 23.2 Å². The molecule has 0 spiro atoms. The highest BCUT2D eigenvalue weighted by Gasteiger charge is 1.97. The molecule has 0 atom stereocenters. The molecule has 1 heterocycles. The van der Waals surface area contributed by atoms with E-state index in [2.05, 4.69) is 15.3 Å². The number of rotatable bonds is 2. The standard InChI is InChI=1S/C11H10ClN3/c1-8-3-2-4-10(5-8)15-11-13-6-9(12)7-14-11/h2-7H,1H3,(H,13,14,15). The van der Waals surface area contributed by atoms with Gasteiger partial charge in [-0.05, 0) is 24.6 Å². The van der Waals surface area contributed by atoms with Gasteiger partial charge in [0.25, 0.3) is 0 Å². The molecule has 0 saturated carbocycles. The zero-order chi connectivity index (χ0) is 10.7. The van der Waals surface area contributed by atoms with Gasteiger partial charge in [0.1, 0.15) is 0 Å². The van der Waals surface area contributed by atoms with Crippen molar-refractivity contribution in [3.05, 3.63) is 47.2 Å². The van der Waals surface area contributed by atoms with Crippen molar-refractivity contribution in [2.24, 2.45) is 0 Å². The Hall–Kier alpha value is -1.61. The number of nitrogens with one attached hydrogen (secondary N) is 1. The fourth-order valence-corrected chi connectivity index (χ4v) is 1.33. The summed E-state index contributed by atoms with van der Waals surface area (Å²) >= 11 is 5.69. The third-order valence-electron chi connectivity index (χ3n) is 1.89. The van der Waals surface area contributed by atoms with Gasteiger partial charge in [0, 0.05) is 5.69 Å². The van der Waals surface area contributed by atoms with E-state index in [4.69, 9.17) is 11.6 Å². The van der Waals surface area contributed by atoms with E-state index in [1.807, 2.05) is 31.2 Å². The van der Waals surface area contributed by atoms with E-state index in [1.54, 1.807) is 12.4 Å². The van der Waals surface area contributed by atoms with Crippen LogP contribution < -0.4 is 5.32 Å². The Morgan fingerprint density at radius 2 is 1.93 bits per heavy atom. The quantitative estimate of drug-likeness (QED) is 0.843. The molecule has 1 aromatic carbocycles. The largest absolute Gasteiger partial charge is 0.324 e. The van der Waals surface area contributed by atoms with Crippen LogP contribution in [0.25, 0.3) is 0 Å². The molecule has 0 bridgehead atoms. The predicted octanol–water partition coefficient (Wildman–Crippen LogP) is 3.18. The third kappa shape index (κ3) is 2.67. The number of halogens is 1. The number of benzene rings is 1. The van der Waals surface area contributed by atoms with E-state index in [-0.39, 0.29) is 0 Å². The van der Waals surface area contributed by atoms with Crippen molar-refractivity contribution in [1.82, 2.24) is 9.97 Å². The highest BCUT2D eigenvalue weighted by molar-refractivity contribution is 6.30. The van der Waals surface area contributed by atoms with Gasteiger partial charge in [-0.3, -0.25) is 0 Å². The topological polar surface area (TPSA) is 37.8 Å². The van der Waals surface area contributed by atoms with Crippen LogP contribution in [0.3, 0.4) is 0 Å². The normalized spacial score (nSPS) is 10.0. The maximum absolute atomic E-state index is 5.69. The summed E-state index contributed by atoms with van der Waals surface area (Å²) in [6.45, 7) is 2.04. The lowest BCUT2D eigenvalue weighted by molar-refractivity contribution is 1.17. The van der Waals surface area contributed by atoms with Crippen molar-refractivity contribution in [2.45, 2.75) is 6.92 Å². The molecule has 4 heteroatoms. The van der Waals surface area contributed by atoms with Crippen molar-refractivity contribution in [3.63, 3.8) is 0 Å². The van der Waals surface area contributed by atoms with Crippen LogP contribution in [0.5, 0.6) is 0 Å². The van der Waals surface area contributed by atoms with Crippen LogP contribution in [0.1, 0.15) is 5.56 Å². The van der Waals surface area contributed by atoms with Gasteiger partial charge in [0.2, 0.25) is 5.95 Å². The van der Waals surface area contributed by atoms with Gasteiger partial charge in [0.05, 0.1) is 17.4 Å². The van der Waals surface area contributed by atoms with E-state index in [1.165, 1.54) is 5.56 Å². The zero-order valence-electron chi connectivity index (χ0n) is 8.24. The molecule has 0 amide bonds. The fourth-order valence-electron chi connectivity index (χ4n) is 1.23. The van der Waals surface area contributed by atoms with E-state index in [0.717, 1.165) is 5.69 Å². The number of aryl methyl sites for hydroxylation is 1. The average Bonchev–Trinajstić information content (AvgIpc) is 2.22. The van der Waals surface area contributed by atoms with Gasteiger partial charge in [-0.1, -0.05) is 23.7 Å². The second-order valence-electron chi connectivity index (χ2n) is 3.22. The summed E-state index contributed by atoms with van der Waals surface area (Å²) < 4.78 is 0. The Morgan fingerprint density at radius 1 is 1.20 bits per heavy atom. The lowest BCUT2D eigenvalue weighted by Gasteiger charge is -2.04. The van der Waals surface area contributed by atoms with Crippen molar-refractivity contribution in [2.75, 3.05) is 5.32 Å². The first-order valence-corrected chi connectivity index (χ1v) is 4.93. The third-order valence-corrected chi connectivity index (χ3v) is 2.09. The minimum atomic E-state index is 0.532. The van der Waals surface area contributed by atoms with Gasteiger partial charge in [0.15, 0.2) is 0 Å². The van der Waals surface area contributed by atoms with Gasteiger partial charge in [-0.2, -0.15) is 0 Å². The Bertz CT molecular complexity index is 454. The predicted molar refractivity (Wildman–Crippen MR) is 61.5 cm³/mol. The summed E-state index contributed by atoms with van der Waals surface area (Å²) in [4.78, 5) is 8.10. The molecule has 0 aliphatic carbocycles. The number of nitrogens with zero attached hydrogens (tertiary/aromatic N) is 2. The molecule has 0 radical (unpaired) electrons. The highest BCUT2D eigenvalue weighted by atomic mass is 35.5. The molecular weight excluding hydrogens is 210 g/mol. The van der Waals surface area contributed by atoms with Gasteiger partial charge in [-0.15, -0.1) is 0 Å². The second-order valence-corrected chi connectivity index (χ2v) is 3.66. The van der Waals surface area contributed by atoms with Gasteiger partial charge >= 0.3 is 0 Å². The minimum Gasteiger partial charge on any atom is -0.324 e. The van der Waals surface area contributed by atoms with Crippen LogP contribution >= 0.6 is 11.6 Å². The van der Waals surface area contributed by atoms with Crippen molar-refractivity contribution in [3.8, 4) is 0 Å². The van der Waals surface area contributed by atoms with Crippen LogP contribution in [0.15, 0.2) is 36.7 Å². The number of hydrogen-bond acceptors (Lipinski definition) is 3. The van der Waals surface area contributed by atoms with Crippen LogP contribution in [0.2, 0.25) is 5.02 Å². The molecule has 0 saturated heterocycles. The molecule has 76 valence electrons. The monoisotopic (exact) mass is 219 g/mol. The summed E-state index contributed by atoms with van der Waals surface area (Å²) in [5.74, 6) is 0.546. The van der Waals surface area contributed by atoms with Crippen molar-refractivity contribution in [1.29, 1.82) is 0 Å². The first-order chi connectivity index (χ1) is 7.24. The van der Waals surface area contributed by atoms with Crippen LogP contribution in [0.4, 0.5) is 11.6 Å². The summed E-state index contributed by atoms with van der Waals surface area (Å²) in [6, 6.07) is 8.00. The lowest BCUT2D eigenvalue weighted by atomic mass is 10.2. The first-order valence-electron chi connectivity index (χ1n) is 4.55. The molecule has 1 N–H and O–H groups in total. The van der Waals surface area contributed by atoms with Crippen LogP contribution in [-0.4, -0.2) is 9.97 Å². The fraction of sp³-hybridized carbons (Fsp3) is 0.0909. The maximum Gasteiger partial charge on any atom is 0.227 e. The van der Waals surface area contributed by atoms with E-state index in [0.29, 0.717) is 11.0 Å². The van der Waals surface area contributed by atoms with Gasteiger partial charge in [-0.25, -0.2) is 9.97 Å². The number of hydrogen-bond donors (Lipinski definition) is 1. The average molecular weight is 220 g/mol. The van der Waals surface area contributed by atoms with Crippen LogP contribution in [-0.2, 0) is 0 Å². The molecule has 0 fully saturated rings. The molecule has 1 aromatic heterocycles. The van der Waals surface area contributed by atoms with Crippen LogP contribution in [0, 0.1) is 6.92 Å². The summed E-state index contributed by atoms with van der Waals surface area (Å²) in [5.41, 5.74) is 2.16. The van der Waals surface area contributed by atoms with E-state index in [9.17, 15) is 0 Å². The maximum atomic E-state index is 5.69. The van der Waals surface area contributed by atoms with E-state index < -0.39 is 0 Å². The molecule has 15 heavy (non-hydrogen) atoms. The SMILES string of the molecule is Cc1cccc(Nc2ncc(Cl)cn2)c1. The number of aromatic nitrogens is 2. The summed E-state index contributed by atoms with van der Waals surface area (Å²) in [7, 11) is 0. The summed E-state index contributed by atoms with van der Waals surface area (Å²) in [5, 5.41) is 3.62. The minimum absolute atomic E-state index is 0.532. The Morgan fingerprint density at radius 3 is 2.60 bits per heavy atom. The van der Waals surface area contributed by atoms with Crippen molar-refractivity contribution < 1.29 is 0 Å². The molecule has 0 aliphatic rings. The molecule has 3 nitrogen and oxygen atoms in total. The molecule has 2 rings (SSSR count). The number of anilines is 2. The highest BCUT2D eigenvalue weighted by Crippen LogP contribution is 2.14. The van der Waals surface area contributed by atoms with Gasteiger partial charge < -0.3 is 5.32 Å². The summed E-state index contributed by atoms with van der Waals surface area (Å²) in [6.07, 6.45) is 3.12. The first kappa shape index (κ1) is 9.93. The Kier molecular flexibility index (Phi) is 2.83. The Labute approximate surface area is 93.1 Å². The lowest BCUT2D eigenvalue weighted by Crippen LogP contribution is -1.95. The molecule has 0 aliphatic heterocycles. The van der Waals surface area contributed by atoms with E-state index >= 15 is 0 Å². The Balaban J connectivity index is 2.18. The zero-order valence-corrected chi connectivity index (χ0v) is 8.99. The molecule has 0 unspecified atom stereocenters. The smallest absolute Gasteiger partial charge is 0.227 e. The molecular formula is C11H10ClN3. The second kappa shape index (κ2) is 4.28.